The molecule has 1 aromatic heterocycles. The fourth-order valence-electron chi connectivity index (χ4n) is 2.44. The second kappa shape index (κ2) is 9.51. The maximum Gasteiger partial charge on any atom is 2.00 e. The Morgan fingerprint density at radius 3 is 2.54 bits per heavy atom. The second-order valence-electron chi connectivity index (χ2n) is 6.85. The molecule has 1 amide bonds. The first kappa shape index (κ1) is 22.6. The van der Waals surface area contributed by atoms with Crippen molar-refractivity contribution in [2.24, 2.45) is 0 Å². The molecule has 0 unspecified atom stereocenters. The molecule has 0 fully saturated rings. The minimum Gasteiger partial charge on any atom is -0.486 e. The number of aliphatic hydroxyl groups excluding tert-OH is 1. The van der Waals surface area contributed by atoms with E-state index in [0.29, 0.717) is 30.4 Å². The van der Waals surface area contributed by atoms with Gasteiger partial charge in [0, 0.05) is 12.1 Å². The standard InChI is InChI=1S/C18H26N2O5.Zn/c1-6-14(12(2)21)20(17(22)25-18(3,4)5)11-13-9-15-16(10-19-13)24-8-7-23-15;/h9-10,12,14,21H,1-2,6-8,11H2,3-5H3;/q-2;+2/t12-,14-;/m1./s1. The van der Waals surface area contributed by atoms with Gasteiger partial charge in [-0.25, -0.2) is 4.79 Å². The van der Waals surface area contributed by atoms with Crippen molar-refractivity contribution >= 4 is 6.09 Å². The van der Waals surface area contributed by atoms with Crippen molar-refractivity contribution in [3.05, 3.63) is 31.8 Å². The van der Waals surface area contributed by atoms with Crippen LogP contribution in [-0.4, -0.2) is 52.0 Å². The van der Waals surface area contributed by atoms with Gasteiger partial charge in [0.2, 0.25) is 0 Å². The summed E-state index contributed by atoms with van der Waals surface area (Å²) in [5.74, 6) is 1.16. The van der Waals surface area contributed by atoms with Gasteiger partial charge in [-0.3, -0.25) is 4.98 Å². The Kier molecular flexibility index (Phi) is 8.29. The van der Waals surface area contributed by atoms with Gasteiger partial charge in [-0.1, -0.05) is 6.10 Å². The predicted molar refractivity (Wildman–Crippen MR) is 92.1 cm³/mol. The summed E-state index contributed by atoms with van der Waals surface area (Å²) in [5.41, 5.74) is -0.0675. The molecule has 7 nitrogen and oxygen atoms in total. The average molecular weight is 416 g/mol. The Bertz CT molecular complexity index is 604. The minimum atomic E-state index is -0.998. The van der Waals surface area contributed by atoms with Gasteiger partial charge >= 0.3 is 25.6 Å². The molecule has 1 aliphatic rings. The number of pyridine rings is 1. The fourth-order valence-corrected chi connectivity index (χ4v) is 2.44. The van der Waals surface area contributed by atoms with E-state index < -0.39 is 23.8 Å². The van der Waals surface area contributed by atoms with Crippen LogP contribution in [-0.2, 0) is 30.8 Å². The third-order valence-corrected chi connectivity index (χ3v) is 3.59. The predicted octanol–water partition coefficient (Wildman–Crippen LogP) is 2.38. The van der Waals surface area contributed by atoms with Crippen LogP contribution in [0.5, 0.6) is 11.5 Å². The van der Waals surface area contributed by atoms with Gasteiger partial charge in [0.15, 0.2) is 11.5 Å². The van der Waals surface area contributed by atoms with E-state index in [9.17, 15) is 9.90 Å². The van der Waals surface area contributed by atoms with Crippen LogP contribution in [0, 0.1) is 13.8 Å². The summed E-state index contributed by atoms with van der Waals surface area (Å²) in [4.78, 5) is 18.3. The Labute approximate surface area is 167 Å². The third-order valence-electron chi connectivity index (χ3n) is 3.59. The number of hydrogen-bond acceptors (Lipinski definition) is 6. The molecule has 8 heteroatoms. The van der Waals surface area contributed by atoms with Crippen LogP contribution < -0.4 is 9.47 Å². The molecule has 0 aliphatic carbocycles. The molecule has 1 aromatic rings. The molecule has 0 aromatic carbocycles. The smallest absolute Gasteiger partial charge is 0.486 e. The molecule has 26 heavy (non-hydrogen) atoms. The normalized spacial score (nSPS) is 15.5. The van der Waals surface area contributed by atoms with Gasteiger partial charge in [-0.2, -0.15) is 6.42 Å². The Morgan fingerprint density at radius 2 is 2.00 bits per heavy atom. The van der Waals surface area contributed by atoms with Crippen molar-refractivity contribution in [2.45, 2.75) is 51.5 Å². The number of aromatic nitrogens is 1. The monoisotopic (exact) mass is 414 g/mol. The zero-order chi connectivity index (χ0) is 18.6. The van der Waals surface area contributed by atoms with E-state index >= 15 is 0 Å². The third kappa shape index (κ3) is 6.09. The number of fused-ring (bicyclic) bond motifs is 1. The number of carbonyl (C=O) groups is 1. The van der Waals surface area contributed by atoms with Crippen LogP contribution in [0.25, 0.3) is 0 Å². The number of ether oxygens (including phenoxy) is 3. The molecule has 2 atom stereocenters. The zero-order valence-electron chi connectivity index (χ0n) is 15.7. The van der Waals surface area contributed by atoms with Crippen molar-refractivity contribution in [3.8, 4) is 11.5 Å². The molecule has 2 heterocycles. The molecular weight excluding hydrogens is 390 g/mol. The average Bonchev–Trinajstić information content (AvgIpc) is 2.52. The largest absolute Gasteiger partial charge is 2.00 e. The van der Waals surface area contributed by atoms with E-state index in [2.05, 4.69) is 18.8 Å². The second-order valence-corrected chi connectivity index (χ2v) is 6.85. The summed E-state index contributed by atoms with van der Waals surface area (Å²) in [7, 11) is 0. The van der Waals surface area contributed by atoms with Crippen LogP contribution in [0.3, 0.4) is 0 Å². The van der Waals surface area contributed by atoms with Crippen LogP contribution in [0.2, 0.25) is 0 Å². The summed E-state index contributed by atoms with van der Waals surface area (Å²) in [5, 5.41) is 9.93. The molecule has 0 saturated heterocycles. The van der Waals surface area contributed by atoms with Crippen molar-refractivity contribution < 1.29 is 43.6 Å². The number of hydrogen-bond donors (Lipinski definition) is 1. The molecule has 0 radical (unpaired) electrons. The molecule has 0 bridgehead atoms. The molecule has 140 valence electrons. The van der Waals surface area contributed by atoms with Crippen molar-refractivity contribution in [3.63, 3.8) is 0 Å². The summed E-state index contributed by atoms with van der Waals surface area (Å²) >= 11 is 0. The Hall–Kier alpha value is -1.40. The minimum absolute atomic E-state index is 0. The van der Waals surface area contributed by atoms with E-state index in [1.165, 1.54) is 4.90 Å². The van der Waals surface area contributed by atoms with Gasteiger partial charge in [0.1, 0.15) is 18.8 Å². The molecule has 0 spiro atoms. The molecular formula is C18H26N2O5Zn. The van der Waals surface area contributed by atoms with Gasteiger partial charge in [0.05, 0.1) is 18.4 Å². The maximum atomic E-state index is 12.6. The van der Waals surface area contributed by atoms with Crippen LogP contribution >= 0.6 is 0 Å². The SMILES string of the molecule is [CH2-]C[C@H]([C@@H]([CH2-])O)N(Cc1cc2c(cn1)OCCO2)C(=O)OC(C)(C)C.[Zn+2]. The van der Waals surface area contributed by atoms with E-state index in [1.807, 2.05) is 0 Å². The van der Waals surface area contributed by atoms with E-state index in [1.54, 1.807) is 33.0 Å². The van der Waals surface area contributed by atoms with E-state index in [-0.39, 0.29) is 32.4 Å². The van der Waals surface area contributed by atoms with Crippen LogP contribution in [0.1, 0.15) is 32.9 Å². The van der Waals surface area contributed by atoms with Crippen molar-refractivity contribution in [1.82, 2.24) is 9.88 Å². The molecule has 1 aliphatic heterocycles. The topological polar surface area (TPSA) is 81.1 Å². The first-order valence-electron chi connectivity index (χ1n) is 8.26. The number of rotatable bonds is 5. The van der Waals surface area contributed by atoms with Gasteiger partial charge in [0.25, 0.3) is 0 Å². The summed E-state index contributed by atoms with van der Waals surface area (Å²) in [6.45, 7) is 13.9. The number of amides is 1. The zero-order valence-corrected chi connectivity index (χ0v) is 18.7. The molecule has 0 saturated carbocycles. The summed E-state index contributed by atoms with van der Waals surface area (Å²) in [6.07, 6.45) is 0.300. The number of nitrogens with zero attached hydrogens (tertiary/aromatic N) is 2. The van der Waals surface area contributed by atoms with Gasteiger partial charge in [-0.15, -0.1) is 0 Å². The molecule has 2 rings (SSSR count). The first-order valence-corrected chi connectivity index (χ1v) is 8.26. The van der Waals surface area contributed by atoms with Crippen LogP contribution in [0.15, 0.2) is 12.3 Å². The number of carbonyl (C=O) groups excluding carboxylic acids is 1. The van der Waals surface area contributed by atoms with Crippen molar-refractivity contribution in [1.29, 1.82) is 0 Å². The summed E-state index contributed by atoms with van der Waals surface area (Å²) in [6, 6.07) is 1.13. The van der Waals surface area contributed by atoms with Crippen molar-refractivity contribution in [2.75, 3.05) is 13.2 Å². The van der Waals surface area contributed by atoms with Gasteiger partial charge in [-0.05, 0) is 20.8 Å². The summed E-state index contributed by atoms with van der Waals surface area (Å²) < 4.78 is 16.5. The van der Waals surface area contributed by atoms with Gasteiger partial charge < -0.3 is 38.1 Å². The Morgan fingerprint density at radius 1 is 1.38 bits per heavy atom. The Balaban J connectivity index is 0.00000338. The first-order chi connectivity index (χ1) is 11.7. The van der Waals surface area contributed by atoms with E-state index in [0.717, 1.165) is 0 Å². The fraction of sp³-hybridized carbons (Fsp3) is 0.556. The van der Waals surface area contributed by atoms with E-state index in [4.69, 9.17) is 14.2 Å². The quantitative estimate of drug-likeness (QED) is 0.587. The maximum absolute atomic E-state index is 12.6. The number of aliphatic hydroxyl groups is 1. The molecule has 1 N–H and O–H groups in total. The van der Waals surface area contributed by atoms with Crippen LogP contribution in [0.4, 0.5) is 4.79 Å².